The molecule has 1 aliphatic rings. The molecule has 2 rings (SSSR count). The number of pyridine rings is 1. The molecule has 9 heteroatoms. The highest BCUT2D eigenvalue weighted by atomic mass is 35.5. The fourth-order valence-corrected chi connectivity index (χ4v) is 2.16. The van der Waals surface area contributed by atoms with Crippen molar-refractivity contribution in [1.82, 2.24) is 4.98 Å². The average Bonchev–Trinajstić information content (AvgIpc) is 2.37. The van der Waals surface area contributed by atoms with Gasteiger partial charge in [0.25, 0.3) is 0 Å². The summed E-state index contributed by atoms with van der Waals surface area (Å²) in [6.45, 7) is 0.628. The van der Waals surface area contributed by atoms with Crippen molar-refractivity contribution >= 4 is 23.3 Å². The summed E-state index contributed by atoms with van der Waals surface area (Å²) < 4.78 is 42.7. The minimum atomic E-state index is -4.52. The number of amides is 1. The van der Waals surface area contributed by atoms with E-state index in [1.54, 1.807) is 0 Å². The molecule has 0 radical (unpaired) electrons. The van der Waals surface area contributed by atoms with E-state index in [2.05, 4.69) is 4.98 Å². The van der Waals surface area contributed by atoms with E-state index in [1.807, 2.05) is 0 Å². The van der Waals surface area contributed by atoms with Gasteiger partial charge in [-0.25, -0.2) is 4.98 Å². The third kappa shape index (κ3) is 2.96. The number of carbonyl (C=O) groups excluding carboxylic acids is 1. The van der Waals surface area contributed by atoms with Crippen LogP contribution < -0.4 is 10.6 Å². The van der Waals surface area contributed by atoms with E-state index in [1.165, 1.54) is 4.90 Å². The zero-order valence-corrected chi connectivity index (χ0v) is 10.9. The van der Waals surface area contributed by atoms with Gasteiger partial charge in [0.05, 0.1) is 23.8 Å². The first-order chi connectivity index (χ1) is 9.30. The molecule has 0 spiro atoms. The topological polar surface area (TPSA) is 68.5 Å². The Balaban J connectivity index is 2.34. The number of anilines is 1. The minimum Gasteiger partial charge on any atom is -0.377 e. The van der Waals surface area contributed by atoms with Gasteiger partial charge >= 0.3 is 6.18 Å². The van der Waals surface area contributed by atoms with Crippen LogP contribution in [0.15, 0.2) is 12.3 Å². The number of hydrogen-bond acceptors (Lipinski definition) is 4. The predicted molar refractivity (Wildman–Crippen MR) is 65.4 cm³/mol. The second kappa shape index (κ2) is 5.45. The average molecular weight is 310 g/mol. The molecular formula is C11H11ClF3N3O2. The Bertz CT molecular complexity index is 524. The van der Waals surface area contributed by atoms with Crippen LogP contribution in [0.2, 0.25) is 5.02 Å². The molecule has 1 aromatic heterocycles. The van der Waals surface area contributed by atoms with Crippen molar-refractivity contribution in [2.75, 3.05) is 24.7 Å². The number of primary amides is 1. The van der Waals surface area contributed by atoms with E-state index in [4.69, 9.17) is 22.1 Å². The van der Waals surface area contributed by atoms with E-state index in [0.717, 1.165) is 6.07 Å². The van der Waals surface area contributed by atoms with Gasteiger partial charge in [-0.2, -0.15) is 13.2 Å². The lowest BCUT2D eigenvalue weighted by molar-refractivity contribution is -0.137. The summed E-state index contributed by atoms with van der Waals surface area (Å²) in [5, 5.41) is -0.187. The highest BCUT2D eigenvalue weighted by Gasteiger charge is 2.34. The van der Waals surface area contributed by atoms with Crippen molar-refractivity contribution in [1.29, 1.82) is 0 Å². The van der Waals surface area contributed by atoms with Gasteiger partial charge in [0, 0.05) is 12.7 Å². The monoisotopic (exact) mass is 309 g/mol. The van der Waals surface area contributed by atoms with Crippen molar-refractivity contribution in [3.8, 4) is 0 Å². The number of rotatable bonds is 2. The number of ether oxygens (including phenoxy) is 1. The molecule has 1 fully saturated rings. The first kappa shape index (κ1) is 14.9. The molecule has 5 nitrogen and oxygen atoms in total. The van der Waals surface area contributed by atoms with Crippen LogP contribution >= 0.6 is 11.6 Å². The lowest BCUT2D eigenvalue weighted by Gasteiger charge is -2.34. The molecule has 2 N–H and O–H groups in total. The van der Waals surface area contributed by atoms with Crippen LogP contribution in [0.1, 0.15) is 5.56 Å². The zero-order valence-electron chi connectivity index (χ0n) is 10.2. The number of alkyl halides is 3. The lowest BCUT2D eigenvalue weighted by Crippen LogP contribution is -2.53. The van der Waals surface area contributed by atoms with Crippen LogP contribution in [0.5, 0.6) is 0 Å². The van der Waals surface area contributed by atoms with Gasteiger partial charge in [0.2, 0.25) is 5.91 Å². The SMILES string of the molecule is NC(=O)C1COCCN1c1ncc(C(F)(F)F)cc1Cl. The Morgan fingerprint density at radius 2 is 2.25 bits per heavy atom. The molecule has 1 atom stereocenters. The van der Waals surface area contributed by atoms with E-state index in [-0.39, 0.29) is 24.0 Å². The zero-order chi connectivity index (χ0) is 14.9. The van der Waals surface area contributed by atoms with Crippen molar-refractivity contribution in [3.63, 3.8) is 0 Å². The Kier molecular flexibility index (Phi) is 4.05. The molecule has 1 aliphatic heterocycles. The number of carbonyl (C=O) groups is 1. The highest BCUT2D eigenvalue weighted by molar-refractivity contribution is 6.33. The van der Waals surface area contributed by atoms with Gasteiger partial charge in [-0.05, 0) is 6.07 Å². The van der Waals surface area contributed by atoms with Crippen molar-refractivity contribution < 1.29 is 22.7 Å². The summed E-state index contributed by atoms with van der Waals surface area (Å²) in [7, 11) is 0. The van der Waals surface area contributed by atoms with Crippen LogP contribution in [-0.4, -0.2) is 36.7 Å². The largest absolute Gasteiger partial charge is 0.417 e. The number of aromatic nitrogens is 1. The lowest BCUT2D eigenvalue weighted by atomic mass is 10.2. The van der Waals surface area contributed by atoms with Gasteiger partial charge in [-0.1, -0.05) is 11.6 Å². The molecule has 1 amide bonds. The maximum absolute atomic E-state index is 12.5. The van der Waals surface area contributed by atoms with Crippen LogP contribution in [0.25, 0.3) is 0 Å². The third-order valence-corrected chi connectivity index (χ3v) is 3.16. The molecule has 1 saturated heterocycles. The molecule has 110 valence electrons. The summed E-state index contributed by atoms with van der Waals surface area (Å²) in [6.07, 6.45) is -3.85. The fourth-order valence-electron chi connectivity index (χ4n) is 1.89. The van der Waals surface area contributed by atoms with E-state index in [0.29, 0.717) is 12.8 Å². The van der Waals surface area contributed by atoms with Crippen LogP contribution in [-0.2, 0) is 15.7 Å². The van der Waals surface area contributed by atoms with Gasteiger partial charge in [-0.15, -0.1) is 0 Å². The van der Waals surface area contributed by atoms with Gasteiger partial charge in [-0.3, -0.25) is 4.79 Å². The number of nitrogens with two attached hydrogens (primary N) is 1. The van der Waals surface area contributed by atoms with E-state index >= 15 is 0 Å². The summed E-state index contributed by atoms with van der Waals surface area (Å²) in [6, 6.07) is -0.0253. The van der Waals surface area contributed by atoms with E-state index < -0.39 is 23.7 Å². The highest BCUT2D eigenvalue weighted by Crippen LogP contribution is 2.34. The van der Waals surface area contributed by atoms with Gasteiger partial charge in [0.15, 0.2) is 0 Å². The van der Waals surface area contributed by atoms with Gasteiger partial charge < -0.3 is 15.4 Å². The minimum absolute atomic E-state index is 0.0500. The molecule has 0 bridgehead atoms. The molecule has 0 aromatic carbocycles. The smallest absolute Gasteiger partial charge is 0.377 e. The summed E-state index contributed by atoms with van der Waals surface area (Å²) in [5.41, 5.74) is 4.28. The third-order valence-electron chi connectivity index (χ3n) is 2.88. The Labute approximate surface area is 117 Å². The van der Waals surface area contributed by atoms with Crippen LogP contribution in [0.4, 0.5) is 19.0 Å². The maximum atomic E-state index is 12.5. The molecule has 0 saturated carbocycles. The standard InChI is InChI=1S/C11H11ClF3N3O2/c12-7-3-6(11(13,14)15)4-17-10(7)18-1-2-20-5-8(18)9(16)19/h3-4,8H,1-2,5H2,(H2,16,19). The molecule has 1 aromatic rings. The second-order valence-corrected chi connectivity index (χ2v) is 4.62. The molecule has 0 aliphatic carbocycles. The fraction of sp³-hybridized carbons (Fsp3) is 0.455. The van der Waals surface area contributed by atoms with Crippen molar-refractivity contribution in [3.05, 3.63) is 22.8 Å². The maximum Gasteiger partial charge on any atom is 0.417 e. The van der Waals surface area contributed by atoms with Crippen molar-refractivity contribution in [2.45, 2.75) is 12.2 Å². The summed E-state index contributed by atoms with van der Waals surface area (Å²) in [5.74, 6) is -0.561. The first-order valence-corrected chi connectivity index (χ1v) is 6.05. The predicted octanol–water partition coefficient (Wildman–Crippen LogP) is 1.44. The number of halogens is 4. The normalized spacial score (nSPS) is 20.0. The summed E-state index contributed by atoms with van der Waals surface area (Å²) in [4.78, 5) is 16.5. The Morgan fingerprint density at radius 1 is 1.55 bits per heavy atom. The van der Waals surface area contributed by atoms with Crippen molar-refractivity contribution in [2.24, 2.45) is 5.73 Å². The molecular weight excluding hydrogens is 299 g/mol. The Morgan fingerprint density at radius 3 is 2.80 bits per heavy atom. The summed E-state index contributed by atoms with van der Waals surface area (Å²) >= 11 is 5.84. The van der Waals surface area contributed by atoms with E-state index in [9.17, 15) is 18.0 Å². The first-order valence-electron chi connectivity index (χ1n) is 5.67. The molecule has 20 heavy (non-hydrogen) atoms. The number of nitrogens with zero attached hydrogens (tertiary/aromatic N) is 2. The number of hydrogen-bond donors (Lipinski definition) is 1. The molecule has 2 heterocycles. The van der Waals surface area contributed by atoms with Crippen LogP contribution in [0, 0.1) is 0 Å². The quantitative estimate of drug-likeness (QED) is 0.897. The van der Waals surface area contributed by atoms with Gasteiger partial charge in [0.1, 0.15) is 11.9 Å². The molecule has 1 unspecified atom stereocenters. The Hall–Kier alpha value is -1.54. The van der Waals surface area contributed by atoms with Crippen LogP contribution in [0.3, 0.4) is 0 Å². The number of morpholine rings is 1. The second-order valence-electron chi connectivity index (χ2n) is 4.21.